The van der Waals surface area contributed by atoms with Crippen molar-refractivity contribution < 1.29 is 22.2 Å². The van der Waals surface area contributed by atoms with Crippen molar-refractivity contribution in [3.63, 3.8) is 0 Å². The van der Waals surface area contributed by atoms with Crippen molar-refractivity contribution in [3.05, 3.63) is 84.5 Å². The van der Waals surface area contributed by atoms with Crippen LogP contribution in [0.15, 0.2) is 16.8 Å². The topological polar surface area (TPSA) is 20.2 Å². The van der Waals surface area contributed by atoms with Gasteiger partial charge in [0.25, 0.3) is 0 Å². The number of hydrogen-bond donors (Lipinski definition) is 1. The smallest absolute Gasteiger partial charge is 0.388 e. The summed E-state index contributed by atoms with van der Waals surface area (Å²) in [6.07, 6.45) is 15.3. The van der Waals surface area contributed by atoms with Crippen LogP contribution < -0.4 is 0 Å². The molecule has 2 aliphatic rings. The maximum atomic E-state index is 9.78. The zero-order valence-electron chi connectivity index (χ0n) is 10.0. The SMILES string of the molecule is Br[C]1[CH][CH][CH][CH]1.OC([C]1[CH][CH][CH][CH]1)c1ccsc1.[Fe+2]. The predicted octanol–water partition coefficient (Wildman–Crippen LogP) is 3.93. The molecule has 0 saturated heterocycles. The van der Waals surface area contributed by atoms with Crippen molar-refractivity contribution in [2.24, 2.45) is 0 Å². The van der Waals surface area contributed by atoms with Gasteiger partial charge in [-0.3, -0.25) is 0 Å². The molecule has 3 rings (SSSR count). The third-order valence-electron chi connectivity index (χ3n) is 2.49. The molecule has 2 aliphatic carbocycles. The molecule has 0 amide bonds. The Morgan fingerprint density at radius 3 is 2.00 bits per heavy atom. The van der Waals surface area contributed by atoms with Gasteiger partial charge in [0.15, 0.2) is 0 Å². The van der Waals surface area contributed by atoms with Crippen LogP contribution in [0.25, 0.3) is 0 Å². The molecule has 0 spiro atoms. The van der Waals surface area contributed by atoms with Crippen molar-refractivity contribution >= 4 is 27.3 Å². The van der Waals surface area contributed by atoms with Crippen LogP contribution in [0.3, 0.4) is 0 Å². The fourth-order valence-electron chi connectivity index (χ4n) is 1.54. The van der Waals surface area contributed by atoms with E-state index in [1.54, 1.807) is 11.3 Å². The molecule has 19 heavy (non-hydrogen) atoms. The van der Waals surface area contributed by atoms with Gasteiger partial charge in [-0.25, -0.2) is 0 Å². The van der Waals surface area contributed by atoms with E-state index in [0.29, 0.717) is 0 Å². The van der Waals surface area contributed by atoms with E-state index < -0.39 is 6.10 Å². The Morgan fingerprint density at radius 1 is 1.00 bits per heavy atom. The maximum absolute atomic E-state index is 9.78. The summed E-state index contributed by atoms with van der Waals surface area (Å²) in [7, 11) is 0. The first-order valence-corrected chi connectivity index (χ1v) is 7.30. The fourth-order valence-corrected chi connectivity index (χ4v) is 2.53. The van der Waals surface area contributed by atoms with Crippen molar-refractivity contribution in [3.8, 4) is 0 Å². The van der Waals surface area contributed by atoms with E-state index in [4.69, 9.17) is 0 Å². The minimum Gasteiger partial charge on any atom is -0.388 e. The number of halogens is 1. The molecule has 4 heteroatoms. The standard InChI is InChI=1S/C10H9OS.C5H4Br.Fe/c11-10(8-3-1-2-4-8)9-5-6-12-7-9;6-5-3-1-2-4-5;/h1-7,10-11H;1-4H;/q;;+2. The second-order valence-corrected chi connectivity index (χ2v) is 5.48. The van der Waals surface area contributed by atoms with Crippen molar-refractivity contribution in [1.82, 2.24) is 0 Å². The molecule has 1 aromatic heterocycles. The van der Waals surface area contributed by atoms with Gasteiger partial charge in [-0.05, 0) is 73.8 Å². The number of aliphatic hydroxyl groups excluding tert-OH is 1. The summed E-state index contributed by atoms with van der Waals surface area (Å²) in [5.41, 5.74) is 0.978. The van der Waals surface area contributed by atoms with Crippen LogP contribution in [0.5, 0.6) is 0 Å². The van der Waals surface area contributed by atoms with Crippen molar-refractivity contribution in [2.45, 2.75) is 6.10 Å². The van der Waals surface area contributed by atoms with Gasteiger partial charge in [0, 0.05) is 10.7 Å². The summed E-state index contributed by atoms with van der Waals surface area (Å²) < 4.78 is 0. The Morgan fingerprint density at radius 2 is 1.58 bits per heavy atom. The summed E-state index contributed by atoms with van der Waals surface area (Å²) in [4.78, 5) is 1.16. The van der Waals surface area contributed by atoms with E-state index in [1.165, 1.54) is 0 Å². The summed E-state index contributed by atoms with van der Waals surface area (Å²) >= 11 is 4.89. The molecular weight excluding hydrogens is 364 g/mol. The van der Waals surface area contributed by atoms with Gasteiger partial charge >= 0.3 is 17.1 Å². The van der Waals surface area contributed by atoms with E-state index in [0.717, 1.165) is 16.3 Å². The van der Waals surface area contributed by atoms with Gasteiger partial charge < -0.3 is 5.11 Å². The quantitative estimate of drug-likeness (QED) is 0.775. The van der Waals surface area contributed by atoms with Crippen LogP contribution in [-0.2, 0) is 17.1 Å². The molecule has 0 aliphatic heterocycles. The second kappa shape index (κ2) is 9.57. The van der Waals surface area contributed by atoms with Gasteiger partial charge in [-0.15, -0.1) is 0 Å². The molecule has 0 bridgehead atoms. The molecule has 1 aromatic rings. The van der Waals surface area contributed by atoms with Crippen LogP contribution in [-0.4, -0.2) is 5.11 Å². The second-order valence-electron chi connectivity index (χ2n) is 3.78. The van der Waals surface area contributed by atoms with Crippen LogP contribution in [0, 0.1) is 62.1 Å². The Hall–Kier alpha value is 0.659. The third kappa shape index (κ3) is 5.89. The van der Waals surface area contributed by atoms with Gasteiger partial charge in [-0.1, -0.05) is 15.9 Å². The number of hydrogen-bond acceptors (Lipinski definition) is 2. The first-order chi connectivity index (χ1) is 8.77. The zero-order chi connectivity index (χ0) is 12.8. The van der Waals surface area contributed by atoms with E-state index in [2.05, 4.69) is 15.9 Å². The summed E-state index contributed by atoms with van der Waals surface area (Å²) in [5, 5.41) is 13.7. The maximum Gasteiger partial charge on any atom is 2.00 e. The molecule has 10 radical (unpaired) electrons. The van der Waals surface area contributed by atoms with Gasteiger partial charge in [-0.2, -0.15) is 11.3 Å². The van der Waals surface area contributed by atoms with Crippen LogP contribution in [0.2, 0.25) is 0 Å². The largest absolute Gasteiger partial charge is 2.00 e. The molecule has 1 nitrogen and oxygen atoms in total. The minimum absolute atomic E-state index is 0. The summed E-state index contributed by atoms with van der Waals surface area (Å²) in [5.74, 6) is 0.966. The monoisotopic (exact) mass is 376 g/mol. The Labute approximate surface area is 139 Å². The van der Waals surface area contributed by atoms with Gasteiger partial charge in [0.2, 0.25) is 0 Å². The average Bonchev–Trinajstić information content (AvgIpc) is 3.13. The zero-order valence-corrected chi connectivity index (χ0v) is 13.5. The number of thiophene rings is 1. The van der Waals surface area contributed by atoms with E-state index >= 15 is 0 Å². The number of aliphatic hydroxyl groups is 1. The molecule has 2 saturated carbocycles. The normalized spacial score (nSPS) is 21.6. The molecule has 2 fully saturated rings. The first kappa shape index (κ1) is 17.7. The molecular formula is C15H13BrFeOS+2. The van der Waals surface area contributed by atoms with Gasteiger partial charge in [0.1, 0.15) is 0 Å². The third-order valence-corrected chi connectivity index (χ3v) is 3.72. The minimum atomic E-state index is -0.453. The Bertz CT molecular complexity index is 319. The Kier molecular flexibility index (Phi) is 8.92. The summed E-state index contributed by atoms with van der Waals surface area (Å²) in [6, 6.07) is 1.95. The Balaban J connectivity index is 0.000000220. The van der Waals surface area contributed by atoms with Crippen LogP contribution >= 0.6 is 27.3 Å². The van der Waals surface area contributed by atoms with Crippen LogP contribution in [0.1, 0.15) is 11.7 Å². The van der Waals surface area contributed by atoms with E-state index in [9.17, 15) is 5.11 Å². The van der Waals surface area contributed by atoms with Crippen molar-refractivity contribution in [2.75, 3.05) is 0 Å². The molecule has 1 N–H and O–H groups in total. The molecule has 1 unspecified atom stereocenters. The number of rotatable bonds is 2. The molecule has 0 aromatic carbocycles. The molecule has 1 atom stereocenters. The fraction of sp³-hybridized carbons (Fsp3) is 0.0667. The van der Waals surface area contributed by atoms with E-state index in [1.807, 2.05) is 68.2 Å². The molecule has 98 valence electrons. The van der Waals surface area contributed by atoms with Gasteiger partial charge in [0.05, 0.1) is 6.10 Å². The molecule has 1 heterocycles. The van der Waals surface area contributed by atoms with Crippen molar-refractivity contribution in [1.29, 1.82) is 0 Å². The van der Waals surface area contributed by atoms with Crippen LogP contribution in [0.4, 0.5) is 0 Å². The first-order valence-electron chi connectivity index (χ1n) is 5.56. The summed E-state index contributed by atoms with van der Waals surface area (Å²) in [6.45, 7) is 0. The van der Waals surface area contributed by atoms with E-state index in [-0.39, 0.29) is 17.1 Å². The average molecular weight is 377 g/mol. The predicted molar refractivity (Wildman–Crippen MR) is 79.1 cm³/mol.